The van der Waals surface area contributed by atoms with Crippen LogP contribution in [-0.2, 0) is 0 Å². The Bertz CT molecular complexity index is 628. The molecule has 17 heavy (non-hydrogen) atoms. The van der Waals surface area contributed by atoms with Gasteiger partial charge >= 0.3 is 5.97 Å². The van der Waals surface area contributed by atoms with Gasteiger partial charge in [-0.25, -0.2) is 9.18 Å². The van der Waals surface area contributed by atoms with Gasteiger partial charge in [0.15, 0.2) is 5.58 Å². The molecule has 0 atom stereocenters. The minimum atomic E-state index is -1.14. The summed E-state index contributed by atoms with van der Waals surface area (Å²) < 4.78 is 18.5. The van der Waals surface area contributed by atoms with Crippen molar-refractivity contribution in [2.75, 3.05) is 0 Å². The number of hydrogen-bond acceptors (Lipinski definition) is 2. The Balaban J connectivity index is 2.38. The van der Waals surface area contributed by atoms with Crippen LogP contribution in [0.1, 0.15) is 34.9 Å². The monoisotopic (exact) mass is 254 g/mol. The Morgan fingerprint density at radius 3 is 2.76 bits per heavy atom. The molecule has 0 spiro atoms. The smallest absolute Gasteiger partial charge is 0.372 e. The number of rotatable bonds is 2. The summed E-state index contributed by atoms with van der Waals surface area (Å²) >= 11 is 5.85. The molecular formula is C12H8ClFO3. The van der Waals surface area contributed by atoms with Crippen LogP contribution in [0.15, 0.2) is 16.5 Å². The SMILES string of the molecule is O=C(O)c1oc2c(Cl)cc(F)cc2c1C1CC1. The van der Waals surface area contributed by atoms with Crippen molar-refractivity contribution in [3.05, 3.63) is 34.3 Å². The van der Waals surface area contributed by atoms with Gasteiger partial charge in [0.2, 0.25) is 5.76 Å². The lowest BCUT2D eigenvalue weighted by molar-refractivity contribution is 0.0663. The van der Waals surface area contributed by atoms with Gasteiger partial charge < -0.3 is 9.52 Å². The van der Waals surface area contributed by atoms with E-state index in [-0.39, 0.29) is 22.3 Å². The molecule has 3 rings (SSSR count). The third-order valence-electron chi connectivity index (χ3n) is 2.93. The zero-order valence-corrected chi connectivity index (χ0v) is 9.42. The first-order valence-corrected chi connectivity index (χ1v) is 5.60. The molecule has 88 valence electrons. The van der Waals surface area contributed by atoms with Crippen molar-refractivity contribution in [3.8, 4) is 0 Å². The highest BCUT2D eigenvalue weighted by molar-refractivity contribution is 6.35. The molecule has 1 aliphatic carbocycles. The Morgan fingerprint density at radius 1 is 1.47 bits per heavy atom. The number of hydrogen-bond donors (Lipinski definition) is 1. The molecule has 0 saturated heterocycles. The van der Waals surface area contributed by atoms with Gasteiger partial charge in [-0.05, 0) is 30.9 Å². The minimum absolute atomic E-state index is 0.106. The second-order valence-corrected chi connectivity index (χ2v) is 4.60. The summed E-state index contributed by atoms with van der Waals surface area (Å²) in [4.78, 5) is 11.1. The van der Waals surface area contributed by atoms with Crippen LogP contribution in [0, 0.1) is 5.82 Å². The van der Waals surface area contributed by atoms with E-state index in [0.29, 0.717) is 10.9 Å². The Morgan fingerprint density at radius 2 is 2.18 bits per heavy atom. The molecular weight excluding hydrogens is 247 g/mol. The lowest BCUT2D eigenvalue weighted by Gasteiger charge is -1.96. The minimum Gasteiger partial charge on any atom is -0.475 e. The molecule has 1 fully saturated rings. The van der Waals surface area contributed by atoms with Gasteiger partial charge in [-0.2, -0.15) is 0 Å². The molecule has 0 radical (unpaired) electrons. The molecule has 0 bridgehead atoms. The van der Waals surface area contributed by atoms with Gasteiger partial charge in [-0.1, -0.05) is 11.6 Å². The number of halogens is 2. The van der Waals surface area contributed by atoms with Crippen molar-refractivity contribution >= 4 is 28.5 Å². The fraction of sp³-hybridized carbons (Fsp3) is 0.250. The highest BCUT2D eigenvalue weighted by atomic mass is 35.5. The third-order valence-corrected chi connectivity index (χ3v) is 3.21. The molecule has 0 unspecified atom stereocenters. The van der Waals surface area contributed by atoms with Gasteiger partial charge in [-0.3, -0.25) is 0 Å². The fourth-order valence-corrected chi connectivity index (χ4v) is 2.32. The van der Waals surface area contributed by atoms with Crippen LogP contribution in [0.2, 0.25) is 5.02 Å². The summed E-state index contributed by atoms with van der Waals surface area (Å²) in [6.45, 7) is 0. The molecule has 1 heterocycles. The molecule has 1 saturated carbocycles. The average molecular weight is 255 g/mol. The summed E-state index contributed by atoms with van der Waals surface area (Å²) in [6.07, 6.45) is 1.81. The predicted molar refractivity (Wildman–Crippen MR) is 60.1 cm³/mol. The lowest BCUT2D eigenvalue weighted by Crippen LogP contribution is -1.97. The predicted octanol–water partition coefficient (Wildman–Crippen LogP) is 3.80. The molecule has 0 amide bonds. The first-order chi connectivity index (χ1) is 8.08. The largest absolute Gasteiger partial charge is 0.475 e. The van der Waals surface area contributed by atoms with Gasteiger partial charge in [0.05, 0.1) is 5.02 Å². The van der Waals surface area contributed by atoms with Crippen LogP contribution in [0.5, 0.6) is 0 Å². The van der Waals surface area contributed by atoms with Gasteiger partial charge in [-0.15, -0.1) is 0 Å². The molecule has 3 nitrogen and oxygen atoms in total. The van der Waals surface area contributed by atoms with Crippen molar-refractivity contribution in [1.82, 2.24) is 0 Å². The van der Waals surface area contributed by atoms with Gasteiger partial charge in [0.25, 0.3) is 0 Å². The molecule has 1 aromatic carbocycles. The van der Waals surface area contributed by atoms with Crippen LogP contribution < -0.4 is 0 Å². The van der Waals surface area contributed by atoms with Crippen LogP contribution >= 0.6 is 11.6 Å². The molecule has 1 N–H and O–H groups in total. The van der Waals surface area contributed by atoms with E-state index >= 15 is 0 Å². The zero-order chi connectivity index (χ0) is 12.2. The molecule has 1 aromatic heterocycles. The molecule has 5 heteroatoms. The van der Waals surface area contributed by atoms with Crippen LogP contribution in [0.25, 0.3) is 11.0 Å². The van der Waals surface area contributed by atoms with E-state index in [1.165, 1.54) is 6.07 Å². The van der Waals surface area contributed by atoms with Gasteiger partial charge in [0.1, 0.15) is 5.82 Å². The lowest BCUT2D eigenvalue weighted by atomic mass is 10.1. The van der Waals surface area contributed by atoms with Crippen molar-refractivity contribution in [2.24, 2.45) is 0 Å². The first-order valence-electron chi connectivity index (χ1n) is 5.22. The summed E-state index contributed by atoms with van der Waals surface area (Å²) in [5.74, 6) is -1.59. The Kier molecular flexibility index (Phi) is 2.16. The number of furan rings is 1. The van der Waals surface area contributed by atoms with Crippen LogP contribution in [0.3, 0.4) is 0 Å². The first kappa shape index (κ1) is 10.6. The van der Waals surface area contributed by atoms with Crippen LogP contribution in [-0.4, -0.2) is 11.1 Å². The second-order valence-electron chi connectivity index (χ2n) is 4.19. The molecule has 0 aliphatic heterocycles. The van der Waals surface area contributed by atoms with Crippen molar-refractivity contribution < 1.29 is 18.7 Å². The number of benzene rings is 1. The summed E-state index contributed by atoms with van der Waals surface area (Å²) in [5, 5.41) is 9.66. The summed E-state index contributed by atoms with van der Waals surface area (Å²) in [7, 11) is 0. The quantitative estimate of drug-likeness (QED) is 0.887. The van der Waals surface area contributed by atoms with E-state index in [1.54, 1.807) is 0 Å². The van der Waals surface area contributed by atoms with E-state index in [4.69, 9.17) is 21.1 Å². The number of fused-ring (bicyclic) bond motifs is 1. The number of carboxylic acid groups (broad SMARTS) is 1. The third kappa shape index (κ3) is 1.60. The molecule has 2 aromatic rings. The topological polar surface area (TPSA) is 50.4 Å². The number of carboxylic acids is 1. The van der Waals surface area contributed by atoms with Crippen LogP contribution in [0.4, 0.5) is 4.39 Å². The van der Waals surface area contributed by atoms with Crippen molar-refractivity contribution in [2.45, 2.75) is 18.8 Å². The highest BCUT2D eigenvalue weighted by Crippen LogP contribution is 2.47. The second kappa shape index (κ2) is 3.47. The van der Waals surface area contributed by atoms with Crippen molar-refractivity contribution in [3.63, 3.8) is 0 Å². The standard InChI is InChI=1S/C12H8ClFO3/c13-8-4-6(14)3-7-9(5-1-2-5)11(12(15)16)17-10(7)8/h3-5H,1-2H2,(H,15,16). The van der Waals surface area contributed by atoms with E-state index in [9.17, 15) is 9.18 Å². The fourth-order valence-electron chi connectivity index (χ4n) is 2.08. The Hall–Kier alpha value is -1.55. The van der Waals surface area contributed by atoms with Crippen molar-refractivity contribution in [1.29, 1.82) is 0 Å². The number of aromatic carboxylic acids is 1. The van der Waals surface area contributed by atoms with E-state index < -0.39 is 11.8 Å². The Labute approximate surface area is 101 Å². The normalized spacial score (nSPS) is 15.4. The summed E-state index contributed by atoms with van der Waals surface area (Å²) in [5.41, 5.74) is 0.835. The maximum Gasteiger partial charge on any atom is 0.372 e. The van der Waals surface area contributed by atoms with E-state index in [0.717, 1.165) is 18.9 Å². The number of carbonyl (C=O) groups is 1. The average Bonchev–Trinajstić information content (AvgIpc) is 2.99. The van der Waals surface area contributed by atoms with Gasteiger partial charge in [0, 0.05) is 10.9 Å². The van der Waals surface area contributed by atoms with E-state index in [1.807, 2.05) is 0 Å². The molecule has 1 aliphatic rings. The highest BCUT2D eigenvalue weighted by Gasteiger charge is 2.34. The van der Waals surface area contributed by atoms with E-state index in [2.05, 4.69) is 0 Å². The maximum atomic E-state index is 13.3. The maximum absolute atomic E-state index is 13.3. The zero-order valence-electron chi connectivity index (χ0n) is 8.67. The summed E-state index contributed by atoms with van der Waals surface area (Å²) in [6, 6.07) is 2.40.